The minimum absolute atomic E-state index is 0.514. The smallest absolute Gasteiger partial charge is 0.0667 e. The van der Waals surface area contributed by atoms with Gasteiger partial charge in [-0.05, 0) is 88.7 Å². The van der Waals surface area contributed by atoms with Crippen LogP contribution >= 0.6 is 0 Å². The molecule has 9 aromatic carbocycles. The Kier molecular flexibility index (Phi) is 2.78. The predicted octanol–water partition coefficient (Wildman–Crippen LogP) is 14.3. The average molecular weight is 761 g/mol. The van der Waals surface area contributed by atoms with Gasteiger partial charge in [0.05, 0.1) is 81.1 Å². The normalized spacial score (nSPS) is 20.5. The van der Waals surface area contributed by atoms with E-state index in [2.05, 4.69) is 0 Å². The Morgan fingerprint density at radius 1 is 0.228 bits per heavy atom. The number of hydrogen-bond donors (Lipinski definition) is 0. The predicted molar refractivity (Wildman–Crippen MR) is 240 cm³/mol. The number of aromatic nitrogens is 3. The van der Waals surface area contributed by atoms with Crippen molar-refractivity contribution in [1.29, 1.82) is 0 Å². The summed E-state index contributed by atoms with van der Waals surface area (Å²) in [5.74, 6) is 0. The van der Waals surface area contributed by atoms with Gasteiger partial charge in [0, 0.05) is 49.4 Å². The molecule has 266 valence electrons. The lowest BCUT2D eigenvalue weighted by Crippen LogP contribution is -1.98. The van der Waals surface area contributed by atoms with Crippen molar-refractivity contribution >= 4 is 65.4 Å². The molecule has 0 atom stereocenters. The van der Waals surface area contributed by atoms with Crippen LogP contribution in [-0.2, 0) is 0 Å². The molecule has 0 saturated carbocycles. The molecule has 12 rings (SSSR count). The maximum absolute atomic E-state index is 10.3. The number of hydrogen-bond acceptors (Lipinski definition) is 0. The number of para-hydroxylation sites is 4. The number of fused-ring (bicyclic) bond motifs is 9. The molecule has 0 unspecified atom stereocenters. The fraction of sp³-hybridized carbons (Fsp3) is 0. The molecule has 0 aliphatic rings. The molecule has 3 nitrogen and oxygen atoms in total. The van der Waals surface area contributed by atoms with E-state index in [1.165, 1.54) is 0 Å². The highest BCUT2D eigenvalue weighted by molar-refractivity contribution is 6.13. The third-order valence-corrected chi connectivity index (χ3v) is 9.23. The maximum atomic E-state index is 10.3. The van der Waals surface area contributed by atoms with Crippen LogP contribution in [0.1, 0.15) is 48.0 Å². The van der Waals surface area contributed by atoms with Crippen molar-refractivity contribution < 1.29 is 48.0 Å². The molecule has 0 radical (unpaired) electrons. The zero-order valence-corrected chi connectivity index (χ0v) is 28.3. The molecule has 0 saturated heterocycles. The standard InChI is InChI=1S/C54H35N3/c1-2-13-36(14-3-1)37-25-27-38(28-26-37)39-15-12-16-40(33-39)57-51-23-10-6-19-45(51)47-31-29-42(35-54(47)57)56-52-24-11-7-20-46(52)48-34-41(30-32-53(48)56)55-49-21-8-4-17-43(49)44-18-5-9-22-50(44)55/h1-35H/i1D,2D,3D,4D,5D,6D,7D,8D,9D,10D,11D,12D,13D,14D,15D,16D,17D,18D,19D,20D,21D,22D,23D,24D,25D,26D,27D,28D,29D,30D,31D,32D,33D,34D,35D. The fourth-order valence-electron chi connectivity index (χ4n) is 6.83. The lowest BCUT2D eigenvalue weighted by Gasteiger charge is -2.13. The van der Waals surface area contributed by atoms with E-state index < -0.39 is 316 Å². The van der Waals surface area contributed by atoms with E-state index in [1.807, 2.05) is 0 Å². The van der Waals surface area contributed by atoms with Crippen molar-refractivity contribution in [1.82, 2.24) is 13.7 Å². The summed E-state index contributed by atoms with van der Waals surface area (Å²) in [5, 5.41) is -3.86. The molecular weight excluding hydrogens is 691 g/mol. The molecule has 3 heteroatoms. The van der Waals surface area contributed by atoms with Gasteiger partial charge in [0.25, 0.3) is 0 Å². The third-order valence-electron chi connectivity index (χ3n) is 9.23. The molecule has 0 fully saturated rings. The SMILES string of the molecule is [2H]c1c([2H])c([2H])c(-c2c([2H])c([2H])c(-c3c([2H])c([2H])c([2H])c(-n4c5c([2H])c([2H])c([2H])c([2H])c5c5c([2H])c([2H])c(-n6c7c([2H])c([2H])c([2H])c([2H])c7c7c([2H])c(-n8c9c([2H])c([2H])c([2H])c([2H])c9c9c([2H])c([2H])c([2H])c([2H])c98)c([2H])c([2H])c76)c([2H])c54)c3[2H])c([2H])c2[2H])c([2H])c1[2H]. The molecule has 0 amide bonds. The molecule has 12 aromatic rings. The molecule has 0 aliphatic heterocycles. The summed E-state index contributed by atoms with van der Waals surface area (Å²) in [5.41, 5.74) is -10.9. The Morgan fingerprint density at radius 3 is 1.21 bits per heavy atom. The molecule has 0 bridgehead atoms. The van der Waals surface area contributed by atoms with Gasteiger partial charge < -0.3 is 13.7 Å². The fourth-order valence-corrected chi connectivity index (χ4v) is 6.83. The van der Waals surface area contributed by atoms with Gasteiger partial charge in [-0.3, -0.25) is 0 Å². The molecule has 0 N–H and O–H groups in total. The van der Waals surface area contributed by atoms with E-state index in [-0.39, 0.29) is 0 Å². The van der Waals surface area contributed by atoms with Crippen LogP contribution in [-0.4, -0.2) is 13.7 Å². The van der Waals surface area contributed by atoms with E-state index in [0.29, 0.717) is 9.13 Å². The van der Waals surface area contributed by atoms with E-state index in [9.17, 15) is 21.9 Å². The van der Waals surface area contributed by atoms with E-state index in [4.69, 9.17) is 26.0 Å². The summed E-state index contributed by atoms with van der Waals surface area (Å²) < 4.78 is 321. The largest absolute Gasteiger partial charge is 0.309 e. The zero-order valence-electron chi connectivity index (χ0n) is 63.3. The van der Waals surface area contributed by atoms with Gasteiger partial charge in [0.1, 0.15) is 0 Å². The van der Waals surface area contributed by atoms with E-state index in [1.54, 1.807) is 0 Å². The molecule has 57 heavy (non-hydrogen) atoms. The van der Waals surface area contributed by atoms with Crippen molar-refractivity contribution in [3.05, 3.63) is 211 Å². The van der Waals surface area contributed by atoms with Crippen LogP contribution in [0.25, 0.3) is 105 Å². The lowest BCUT2D eigenvalue weighted by molar-refractivity contribution is 1.15. The van der Waals surface area contributed by atoms with Crippen LogP contribution in [0.3, 0.4) is 0 Å². The summed E-state index contributed by atoms with van der Waals surface area (Å²) >= 11 is 0. The summed E-state index contributed by atoms with van der Waals surface area (Å²) in [6, 6.07) is -35.1. The van der Waals surface area contributed by atoms with Gasteiger partial charge in [0.2, 0.25) is 0 Å². The van der Waals surface area contributed by atoms with Crippen molar-refractivity contribution in [2.24, 2.45) is 0 Å². The first-order valence-electron chi connectivity index (χ1n) is 34.3. The molecule has 3 heterocycles. The molecule has 3 aromatic heterocycles. The number of rotatable bonds is 5. The highest BCUT2D eigenvalue weighted by Crippen LogP contribution is 2.39. The van der Waals surface area contributed by atoms with E-state index in [0.717, 1.165) is 4.57 Å². The highest BCUT2D eigenvalue weighted by atomic mass is 15.0. The highest BCUT2D eigenvalue weighted by Gasteiger charge is 2.19. The maximum Gasteiger partial charge on any atom is 0.0667 e. The first-order chi connectivity index (χ1) is 42.9. The lowest BCUT2D eigenvalue weighted by atomic mass is 10.00. The molecule has 0 aliphatic carbocycles. The Balaban J connectivity index is 1.28. The van der Waals surface area contributed by atoms with Crippen molar-refractivity contribution in [3.63, 3.8) is 0 Å². The monoisotopic (exact) mass is 761 g/mol. The van der Waals surface area contributed by atoms with Gasteiger partial charge in [-0.25, -0.2) is 0 Å². The van der Waals surface area contributed by atoms with Gasteiger partial charge >= 0.3 is 0 Å². The minimum Gasteiger partial charge on any atom is -0.309 e. The van der Waals surface area contributed by atoms with E-state index >= 15 is 0 Å². The topological polar surface area (TPSA) is 14.8 Å². The van der Waals surface area contributed by atoms with Crippen LogP contribution in [0.2, 0.25) is 0 Å². The second kappa shape index (κ2) is 12.5. The Morgan fingerprint density at radius 2 is 0.614 bits per heavy atom. The first-order valence-corrected chi connectivity index (χ1v) is 16.8. The molecular formula is C54H35N3. The van der Waals surface area contributed by atoms with Gasteiger partial charge in [0.15, 0.2) is 0 Å². The Bertz CT molecular complexity index is 5450. The van der Waals surface area contributed by atoms with Crippen molar-refractivity contribution in [2.45, 2.75) is 0 Å². The van der Waals surface area contributed by atoms with Gasteiger partial charge in [-0.2, -0.15) is 0 Å². The number of benzene rings is 9. The van der Waals surface area contributed by atoms with Crippen LogP contribution in [0.15, 0.2) is 211 Å². The van der Waals surface area contributed by atoms with Crippen LogP contribution in [0.4, 0.5) is 0 Å². The van der Waals surface area contributed by atoms with Crippen LogP contribution in [0, 0.1) is 0 Å². The average Bonchev–Trinajstić information content (AvgIpc) is 1.52. The van der Waals surface area contributed by atoms with Crippen molar-refractivity contribution in [2.75, 3.05) is 0 Å². The summed E-state index contributed by atoms with van der Waals surface area (Å²) in [6.45, 7) is 0. The Labute approximate surface area is 378 Å². The zero-order chi connectivity index (χ0) is 67.9. The summed E-state index contributed by atoms with van der Waals surface area (Å²) in [6.07, 6.45) is 0. The minimum atomic E-state index is -1.19. The van der Waals surface area contributed by atoms with Gasteiger partial charge in [-0.1, -0.05) is 145 Å². The van der Waals surface area contributed by atoms with Crippen LogP contribution in [0.5, 0.6) is 0 Å². The molecule has 0 spiro atoms. The summed E-state index contributed by atoms with van der Waals surface area (Å²) in [4.78, 5) is 0. The first kappa shape index (κ1) is 12.7. The van der Waals surface area contributed by atoms with Crippen LogP contribution < -0.4 is 0 Å². The number of nitrogens with zero attached hydrogens (tertiary/aromatic N) is 3. The van der Waals surface area contributed by atoms with Crippen molar-refractivity contribution in [3.8, 4) is 39.3 Å². The second-order valence-electron chi connectivity index (χ2n) is 12.3. The third kappa shape index (κ3) is 4.86. The second-order valence-corrected chi connectivity index (χ2v) is 12.3. The Hall–Kier alpha value is -7.62. The van der Waals surface area contributed by atoms with Gasteiger partial charge in [-0.15, -0.1) is 0 Å². The summed E-state index contributed by atoms with van der Waals surface area (Å²) in [7, 11) is 0. The quantitative estimate of drug-likeness (QED) is 0.166.